The fourth-order valence-corrected chi connectivity index (χ4v) is 5.74. The minimum Gasteiger partial charge on any atom is -0.495 e. The second kappa shape index (κ2) is 8.79. The number of para-hydroxylation sites is 2. The molecule has 2 aliphatic heterocycles. The van der Waals surface area contributed by atoms with Crippen LogP contribution in [0.2, 0.25) is 0 Å². The third-order valence-electron chi connectivity index (χ3n) is 5.65. The maximum Gasteiger partial charge on any atom is 0.262 e. The smallest absolute Gasteiger partial charge is 0.262 e. The molecule has 10 heteroatoms. The fraction of sp³-hybridized carbons (Fsp3) is 0.364. The van der Waals surface area contributed by atoms with Gasteiger partial charge in [0.2, 0.25) is 15.9 Å². The van der Waals surface area contributed by atoms with E-state index in [0.717, 1.165) is 0 Å². The minimum absolute atomic E-state index is 0.0808. The first-order valence-electron chi connectivity index (χ1n) is 10.3. The van der Waals surface area contributed by atoms with Crippen LogP contribution in [0.1, 0.15) is 18.4 Å². The summed E-state index contributed by atoms with van der Waals surface area (Å²) in [5, 5.41) is 5.53. The summed E-state index contributed by atoms with van der Waals surface area (Å²) in [5.41, 5.74) is 1.49. The predicted molar refractivity (Wildman–Crippen MR) is 118 cm³/mol. The van der Waals surface area contributed by atoms with Gasteiger partial charge < -0.3 is 20.1 Å². The average Bonchev–Trinajstić information content (AvgIpc) is 2.78. The number of anilines is 2. The molecule has 1 fully saturated rings. The first-order chi connectivity index (χ1) is 15.3. The molecule has 0 radical (unpaired) electrons. The molecule has 0 saturated carbocycles. The first kappa shape index (κ1) is 22.1. The van der Waals surface area contributed by atoms with Gasteiger partial charge in [-0.2, -0.15) is 4.31 Å². The molecule has 2 heterocycles. The zero-order valence-corrected chi connectivity index (χ0v) is 18.7. The molecule has 1 atom stereocenters. The van der Waals surface area contributed by atoms with E-state index in [-0.39, 0.29) is 29.9 Å². The van der Waals surface area contributed by atoms with Gasteiger partial charge in [-0.3, -0.25) is 9.59 Å². The SMILES string of the molecule is COc1ccccc1NC(=O)[C@@H]1CCCN(S(=O)(=O)c2cc3c(cc2C)NC(=O)CO3)C1. The molecule has 9 nitrogen and oxygen atoms in total. The third kappa shape index (κ3) is 4.28. The van der Waals surface area contributed by atoms with Gasteiger partial charge in [-0.25, -0.2) is 8.42 Å². The number of rotatable bonds is 5. The number of nitrogens with one attached hydrogen (secondary N) is 2. The molecule has 32 heavy (non-hydrogen) atoms. The van der Waals surface area contributed by atoms with Crippen LogP contribution in [-0.2, 0) is 19.6 Å². The molecule has 2 aromatic rings. The molecule has 2 N–H and O–H groups in total. The van der Waals surface area contributed by atoms with Gasteiger partial charge in [0.05, 0.1) is 29.3 Å². The highest BCUT2D eigenvalue weighted by Gasteiger charge is 2.35. The Balaban J connectivity index is 1.54. The van der Waals surface area contributed by atoms with E-state index < -0.39 is 15.9 Å². The Kier molecular flexibility index (Phi) is 6.07. The van der Waals surface area contributed by atoms with E-state index in [1.54, 1.807) is 37.3 Å². The Morgan fingerprint density at radius 3 is 2.84 bits per heavy atom. The van der Waals surface area contributed by atoms with E-state index >= 15 is 0 Å². The maximum absolute atomic E-state index is 13.4. The van der Waals surface area contributed by atoms with Crippen molar-refractivity contribution in [1.82, 2.24) is 4.31 Å². The second-order valence-corrected chi connectivity index (χ2v) is 9.75. The largest absolute Gasteiger partial charge is 0.495 e. The van der Waals surface area contributed by atoms with E-state index in [0.29, 0.717) is 47.8 Å². The van der Waals surface area contributed by atoms with Gasteiger partial charge in [-0.15, -0.1) is 0 Å². The normalized spacial score (nSPS) is 18.8. The van der Waals surface area contributed by atoms with Crippen LogP contribution in [-0.4, -0.2) is 51.3 Å². The van der Waals surface area contributed by atoms with Gasteiger partial charge in [0.1, 0.15) is 11.5 Å². The van der Waals surface area contributed by atoms with E-state index in [4.69, 9.17) is 9.47 Å². The van der Waals surface area contributed by atoms with Crippen LogP contribution >= 0.6 is 0 Å². The van der Waals surface area contributed by atoms with Gasteiger partial charge in [-0.1, -0.05) is 12.1 Å². The Labute approximate surface area is 186 Å². The van der Waals surface area contributed by atoms with Gasteiger partial charge in [0, 0.05) is 19.2 Å². The second-order valence-electron chi connectivity index (χ2n) is 7.84. The maximum atomic E-state index is 13.4. The molecule has 2 aliphatic rings. The van der Waals surface area contributed by atoms with Crippen LogP contribution in [0, 0.1) is 12.8 Å². The Morgan fingerprint density at radius 1 is 1.28 bits per heavy atom. The van der Waals surface area contributed by atoms with Crippen molar-refractivity contribution in [2.45, 2.75) is 24.7 Å². The lowest BCUT2D eigenvalue weighted by molar-refractivity contribution is -0.121. The van der Waals surface area contributed by atoms with Gasteiger partial charge in [0.25, 0.3) is 5.91 Å². The molecule has 0 aromatic heterocycles. The summed E-state index contributed by atoms with van der Waals surface area (Å²) in [4.78, 5) is 24.5. The summed E-state index contributed by atoms with van der Waals surface area (Å²) >= 11 is 0. The Hall–Kier alpha value is -3.11. The summed E-state index contributed by atoms with van der Waals surface area (Å²) in [6.45, 7) is 1.92. The van der Waals surface area contributed by atoms with Crippen LogP contribution in [0.15, 0.2) is 41.3 Å². The molecule has 2 aromatic carbocycles. The van der Waals surface area contributed by atoms with Crippen molar-refractivity contribution in [1.29, 1.82) is 0 Å². The summed E-state index contributed by atoms with van der Waals surface area (Å²) < 4.78 is 38.8. The highest BCUT2D eigenvalue weighted by molar-refractivity contribution is 7.89. The zero-order valence-electron chi connectivity index (χ0n) is 17.9. The van der Waals surface area contributed by atoms with Crippen LogP contribution < -0.4 is 20.1 Å². The molecule has 0 spiro atoms. The van der Waals surface area contributed by atoms with Crippen LogP contribution in [0.4, 0.5) is 11.4 Å². The third-order valence-corrected chi connectivity index (χ3v) is 7.65. The zero-order chi connectivity index (χ0) is 22.9. The fourth-order valence-electron chi connectivity index (χ4n) is 3.99. The number of carbonyl (C=O) groups excluding carboxylic acids is 2. The number of carbonyl (C=O) groups is 2. The minimum atomic E-state index is -3.86. The van der Waals surface area contributed by atoms with E-state index in [1.165, 1.54) is 17.5 Å². The van der Waals surface area contributed by atoms with Gasteiger partial charge >= 0.3 is 0 Å². The summed E-state index contributed by atoms with van der Waals surface area (Å²) in [6.07, 6.45) is 1.16. The van der Waals surface area contributed by atoms with Crippen molar-refractivity contribution in [3.8, 4) is 11.5 Å². The molecule has 2 amide bonds. The highest BCUT2D eigenvalue weighted by atomic mass is 32.2. The molecular weight excluding hydrogens is 434 g/mol. The number of amides is 2. The van der Waals surface area contributed by atoms with Gasteiger partial charge in [0.15, 0.2) is 6.61 Å². The summed E-state index contributed by atoms with van der Waals surface area (Å²) in [5.74, 6) is -0.166. The Bertz CT molecular complexity index is 1160. The molecule has 0 aliphatic carbocycles. The number of ether oxygens (including phenoxy) is 2. The molecule has 170 valence electrons. The summed E-state index contributed by atoms with van der Waals surface area (Å²) in [6, 6.07) is 10.1. The molecule has 0 unspecified atom stereocenters. The van der Waals surface area contributed by atoms with E-state index in [9.17, 15) is 18.0 Å². The number of benzene rings is 2. The van der Waals surface area contributed by atoms with Crippen LogP contribution in [0.3, 0.4) is 0 Å². The molecule has 1 saturated heterocycles. The molecule has 4 rings (SSSR count). The summed E-state index contributed by atoms with van der Waals surface area (Å²) in [7, 11) is -2.33. The first-order valence-corrected chi connectivity index (χ1v) is 11.7. The number of nitrogens with zero attached hydrogens (tertiary/aromatic N) is 1. The number of hydrogen-bond donors (Lipinski definition) is 2. The lowest BCUT2D eigenvalue weighted by Crippen LogP contribution is -2.43. The standard InChI is InChI=1S/C22H25N3O6S/c1-14-10-17-19(31-13-21(26)23-17)11-20(14)32(28,29)25-9-5-6-15(12-25)22(27)24-16-7-3-4-8-18(16)30-2/h3-4,7-8,10-11,15H,5-6,9,12-13H2,1-2H3,(H,23,26)(H,24,27)/t15-/m1/s1. The topological polar surface area (TPSA) is 114 Å². The molecular formula is C22H25N3O6S. The number of methoxy groups -OCH3 is 1. The van der Waals surface area contributed by atoms with Crippen LogP contribution in [0.25, 0.3) is 0 Å². The number of hydrogen-bond acceptors (Lipinski definition) is 6. The number of piperidine rings is 1. The van der Waals surface area contributed by atoms with Crippen molar-refractivity contribution < 1.29 is 27.5 Å². The van der Waals surface area contributed by atoms with Gasteiger partial charge in [-0.05, 0) is 43.5 Å². The van der Waals surface area contributed by atoms with E-state index in [2.05, 4.69) is 10.6 Å². The number of fused-ring (bicyclic) bond motifs is 1. The lowest BCUT2D eigenvalue weighted by Gasteiger charge is -2.32. The van der Waals surface area contributed by atoms with Crippen molar-refractivity contribution in [2.75, 3.05) is 37.4 Å². The monoisotopic (exact) mass is 459 g/mol. The average molecular weight is 460 g/mol. The number of sulfonamides is 1. The Morgan fingerprint density at radius 2 is 2.06 bits per heavy atom. The predicted octanol–water partition coefficient (Wildman–Crippen LogP) is 2.37. The van der Waals surface area contributed by atoms with Crippen molar-refractivity contribution in [3.05, 3.63) is 42.0 Å². The van der Waals surface area contributed by atoms with Crippen molar-refractivity contribution in [2.24, 2.45) is 5.92 Å². The lowest BCUT2D eigenvalue weighted by atomic mass is 9.98. The van der Waals surface area contributed by atoms with E-state index in [1.807, 2.05) is 0 Å². The van der Waals surface area contributed by atoms with Crippen molar-refractivity contribution in [3.63, 3.8) is 0 Å². The quantitative estimate of drug-likeness (QED) is 0.710. The highest BCUT2D eigenvalue weighted by Crippen LogP contribution is 2.35. The van der Waals surface area contributed by atoms with Crippen molar-refractivity contribution >= 4 is 33.2 Å². The number of aryl methyl sites for hydroxylation is 1. The molecule has 0 bridgehead atoms. The van der Waals surface area contributed by atoms with Crippen LogP contribution in [0.5, 0.6) is 11.5 Å².